The minimum Gasteiger partial charge on any atom is -0.383 e. The Kier molecular flexibility index (Phi) is 6.05. The first-order valence-corrected chi connectivity index (χ1v) is 12.6. The van der Waals surface area contributed by atoms with Crippen LogP contribution in [0.15, 0.2) is 36.8 Å². The molecule has 4 N–H and O–H groups in total. The Bertz CT molecular complexity index is 1380. The summed E-state index contributed by atoms with van der Waals surface area (Å²) in [5.74, 6) is 0.192. The van der Waals surface area contributed by atoms with Crippen LogP contribution in [0.2, 0.25) is 0 Å². The van der Waals surface area contributed by atoms with Crippen LogP contribution in [0, 0.1) is 5.82 Å². The Morgan fingerprint density at radius 2 is 2.06 bits per heavy atom. The van der Waals surface area contributed by atoms with Crippen LogP contribution in [0.3, 0.4) is 0 Å². The fourth-order valence-electron chi connectivity index (χ4n) is 4.44. The van der Waals surface area contributed by atoms with E-state index in [2.05, 4.69) is 25.2 Å². The zero-order valence-electron chi connectivity index (χ0n) is 19.1. The molecule has 1 aliphatic heterocycles. The quantitative estimate of drug-likeness (QED) is 0.389. The summed E-state index contributed by atoms with van der Waals surface area (Å²) in [5, 5.41) is 13.3. The number of halogens is 1. The largest absolute Gasteiger partial charge is 0.383 e. The van der Waals surface area contributed by atoms with Crippen molar-refractivity contribution >= 4 is 33.4 Å². The lowest BCUT2D eigenvalue weighted by atomic mass is 10.0. The Labute approximate surface area is 199 Å². The number of rotatable bonds is 6. The molecule has 1 saturated heterocycles. The normalized spacial score (nSPS) is 15.6. The van der Waals surface area contributed by atoms with Gasteiger partial charge in [0.25, 0.3) is 0 Å². The monoisotopic (exact) mass is 482 g/mol. The number of piperidine rings is 1. The van der Waals surface area contributed by atoms with Gasteiger partial charge in [0, 0.05) is 41.9 Å². The number of nitrogens with two attached hydrogens (primary N) is 1. The highest BCUT2D eigenvalue weighted by molar-refractivity contribution is 7.86. The molecule has 0 radical (unpaired) electrons. The lowest BCUT2D eigenvalue weighted by molar-refractivity contribution is 0.343. The van der Waals surface area contributed by atoms with Gasteiger partial charge in [0.15, 0.2) is 0 Å². The highest BCUT2D eigenvalue weighted by Gasteiger charge is 2.22. The molecule has 0 bridgehead atoms. The van der Waals surface area contributed by atoms with Crippen molar-refractivity contribution in [2.75, 3.05) is 29.3 Å². The predicted molar refractivity (Wildman–Crippen MR) is 133 cm³/mol. The van der Waals surface area contributed by atoms with Crippen LogP contribution in [0.25, 0.3) is 33.3 Å². The molecule has 34 heavy (non-hydrogen) atoms. The maximum Gasteiger partial charge on any atom is 0.147 e. The summed E-state index contributed by atoms with van der Waals surface area (Å²) in [5.41, 5.74) is 10.2. The fourth-order valence-corrected chi connectivity index (χ4v) is 4.99. The number of nitrogens with zero attached hydrogens (tertiary/aromatic N) is 5. The van der Waals surface area contributed by atoms with Crippen molar-refractivity contribution in [3.8, 4) is 22.4 Å². The standard InChI is InChI=1S/C23H27FN8OS/c1-3-34(33)30-19-5-4-14(10-18(19)24)21-20-22(31(2)29-21)17(12-27-23(20)25)15-11-28-32(13-15)16-6-8-26-9-7-16/h4-5,10-13,16,26,30H,3,6-9H2,1-2H3,(H2,25,27). The molecular formula is C23H27FN8OS. The smallest absolute Gasteiger partial charge is 0.147 e. The minimum atomic E-state index is -1.34. The van der Waals surface area contributed by atoms with E-state index in [1.807, 2.05) is 24.1 Å². The van der Waals surface area contributed by atoms with Crippen LogP contribution in [0.1, 0.15) is 25.8 Å². The first-order chi connectivity index (χ1) is 16.5. The van der Waals surface area contributed by atoms with Gasteiger partial charge in [0.2, 0.25) is 0 Å². The number of aryl methyl sites for hydroxylation is 1. The van der Waals surface area contributed by atoms with Gasteiger partial charge in [-0.25, -0.2) is 13.6 Å². The lowest BCUT2D eigenvalue weighted by Crippen LogP contribution is -2.29. The van der Waals surface area contributed by atoms with Gasteiger partial charge in [-0.3, -0.25) is 9.36 Å². The number of anilines is 2. The van der Waals surface area contributed by atoms with Gasteiger partial charge >= 0.3 is 0 Å². The van der Waals surface area contributed by atoms with E-state index >= 15 is 0 Å². The Morgan fingerprint density at radius 3 is 2.79 bits per heavy atom. The van der Waals surface area contributed by atoms with Gasteiger partial charge < -0.3 is 15.8 Å². The number of benzene rings is 1. The molecule has 1 aliphatic rings. The van der Waals surface area contributed by atoms with Gasteiger partial charge in [0.05, 0.1) is 28.8 Å². The van der Waals surface area contributed by atoms with E-state index in [0.29, 0.717) is 34.3 Å². The maximum atomic E-state index is 14.8. The first kappa shape index (κ1) is 22.5. The lowest BCUT2D eigenvalue weighted by Gasteiger charge is -2.22. The molecule has 1 fully saturated rings. The SMILES string of the molecule is CCS(=O)Nc1ccc(-c2nn(C)c3c(-c4cnn(C5CCNCC5)c4)cnc(N)c23)cc1F. The third-order valence-electron chi connectivity index (χ3n) is 6.22. The number of fused-ring (bicyclic) bond motifs is 1. The van der Waals surface area contributed by atoms with Gasteiger partial charge in [0.1, 0.15) is 28.3 Å². The molecule has 11 heteroatoms. The van der Waals surface area contributed by atoms with Crippen LogP contribution >= 0.6 is 0 Å². The molecule has 3 aromatic heterocycles. The van der Waals surface area contributed by atoms with Crippen molar-refractivity contribution in [1.29, 1.82) is 0 Å². The van der Waals surface area contributed by atoms with E-state index < -0.39 is 16.8 Å². The summed E-state index contributed by atoms with van der Waals surface area (Å²) in [6, 6.07) is 5.04. The molecule has 9 nitrogen and oxygen atoms in total. The Balaban J connectivity index is 1.57. The molecule has 5 rings (SSSR count). The molecule has 1 unspecified atom stereocenters. The molecule has 0 saturated carbocycles. The van der Waals surface area contributed by atoms with Crippen LogP contribution in [0.4, 0.5) is 15.9 Å². The summed E-state index contributed by atoms with van der Waals surface area (Å²) in [6.07, 6.45) is 7.70. The minimum absolute atomic E-state index is 0.182. The third-order valence-corrected chi connectivity index (χ3v) is 7.19. The number of nitrogen functional groups attached to an aromatic ring is 1. The van der Waals surface area contributed by atoms with E-state index in [1.54, 1.807) is 29.9 Å². The second kappa shape index (κ2) is 9.15. The zero-order valence-corrected chi connectivity index (χ0v) is 19.9. The van der Waals surface area contributed by atoms with Gasteiger partial charge in [-0.2, -0.15) is 10.2 Å². The predicted octanol–water partition coefficient (Wildman–Crippen LogP) is 3.24. The van der Waals surface area contributed by atoms with Crippen LogP contribution in [0.5, 0.6) is 0 Å². The number of hydrogen-bond acceptors (Lipinski definition) is 6. The van der Waals surface area contributed by atoms with Crippen molar-refractivity contribution in [2.45, 2.75) is 25.8 Å². The molecule has 1 aromatic carbocycles. The van der Waals surface area contributed by atoms with Crippen molar-refractivity contribution in [3.63, 3.8) is 0 Å². The van der Waals surface area contributed by atoms with Crippen molar-refractivity contribution in [1.82, 2.24) is 29.9 Å². The van der Waals surface area contributed by atoms with Crippen LogP contribution in [-0.4, -0.2) is 47.6 Å². The van der Waals surface area contributed by atoms with Crippen LogP contribution < -0.4 is 15.8 Å². The van der Waals surface area contributed by atoms with Crippen molar-refractivity contribution in [3.05, 3.63) is 42.6 Å². The number of nitrogens with one attached hydrogen (secondary N) is 2. The van der Waals surface area contributed by atoms with Gasteiger partial charge in [-0.15, -0.1) is 0 Å². The van der Waals surface area contributed by atoms with Gasteiger partial charge in [-0.1, -0.05) is 13.0 Å². The van der Waals surface area contributed by atoms with E-state index in [1.165, 1.54) is 6.07 Å². The summed E-state index contributed by atoms with van der Waals surface area (Å²) in [7, 11) is 0.499. The maximum absolute atomic E-state index is 14.8. The van der Waals surface area contributed by atoms with Crippen LogP contribution in [-0.2, 0) is 18.0 Å². The highest BCUT2D eigenvalue weighted by Crippen LogP contribution is 2.37. The second-order valence-corrected chi connectivity index (χ2v) is 9.85. The zero-order chi connectivity index (χ0) is 23.8. The summed E-state index contributed by atoms with van der Waals surface area (Å²) >= 11 is 0. The van der Waals surface area contributed by atoms with Crippen molar-refractivity contribution in [2.24, 2.45) is 7.05 Å². The summed E-state index contributed by atoms with van der Waals surface area (Å²) in [4.78, 5) is 4.43. The van der Waals surface area contributed by atoms with E-state index in [9.17, 15) is 8.60 Å². The van der Waals surface area contributed by atoms with E-state index in [4.69, 9.17) is 5.73 Å². The molecule has 1 atom stereocenters. The fraction of sp³-hybridized carbons (Fsp3) is 0.348. The van der Waals surface area contributed by atoms with Crippen molar-refractivity contribution < 1.29 is 8.60 Å². The number of pyridine rings is 1. The number of aromatic nitrogens is 5. The number of hydrogen-bond donors (Lipinski definition) is 3. The summed E-state index contributed by atoms with van der Waals surface area (Å²) in [6.45, 7) is 3.73. The average molecular weight is 483 g/mol. The molecule has 0 spiro atoms. The molecule has 0 amide bonds. The third kappa shape index (κ3) is 4.05. The average Bonchev–Trinajstić information content (AvgIpc) is 3.47. The van der Waals surface area contributed by atoms with Gasteiger partial charge in [-0.05, 0) is 38.1 Å². The Hall–Kier alpha value is -3.31. The van der Waals surface area contributed by atoms with E-state index in [-0.39, 0.29) is 5.69 Å². The molecule has 4 heterocycles. The summed E-state index contributed by atoms with van der Waals surface area (Å²) < 4.78 is 33.0. The Morgan fingerprint density at radius 1 is 1.26 bits per heavy atom. The molecule has 178 valence electrons. The first-order valence-electron chi connectivity index (χ1n) is 11.3. The molecule has 4 aromatic rings. The van der Waals surface area contributed by atoms with E-state index in [0.717, 1.165) is 42.6 Å². The molecule has 0 aliphatic carbocycles. The highest BCUT2D eigenvalue weighted by atomic mass is 32.2. The second-order valence-electron chi connectivity index (χ2n) is 8.37. The molecular weight excluding hydrogens is 455 g/mol. The topological polar surface area (TPSA) is 116 Å².